The lowest BCUT2D eigenvalue weighted by atomic mass is 9.82. The summed E-state index contributed by atoms with van der Waals surface area (Å²) in [7, 11) is 0. The van der Waals surface area contributed by atoms with Crippen molar-refractivity contribution in [3.8, 4) is 0 Å². The maximum Gasteiger partial charge on any atom is 0.307 e. The minimum atomic E-state index is -1.00. The summed E-state index contributed by atoms with van der Waals surface area (Å²) in [5, 5.41) is 11.7. The average Bonchev–Trinajstić information content (AvgIpc) is 2.43. The van der Waals surface area contributed by atoms with E-state index in [1.807, 2.05) is 0 Å². The van der Waals surface area contributed by atoms with E-state index in [9.17, 15) is 9.59 Å². The molecule has 0 aliphatic heterocycles. The van der Waals surface area contributed by atoms with Gasteiger partial charge in [0.05, 0.1) is 11.8 Å². The molecule has 1 aromatic rings. The van der Waals surface area contributed by atoms with Gasteiger partial charge in [0.15, 0.2) is 10.3 Å². The minimum absolute atomic E-state index is 0.0107. The van der Waals surface area contributed by atoms with E-state index in [0.717, 1.165) is 0 Å². The van der Waals surface area contributed by atoms with Crippen molar-refractivity contribution in [3.05, 3.63) is 28.8 Å². The number of nitrogens with zero attached hydrogens (tertiary/aromatic N) is 2. The van der Waals surface area contributed by atoms with Crippen molar-refractivity contribution in [2.75, 3.05) is 5.32 Å². The first-order valence-corrected chi connectivity index (χ1v) is 6.61. The van der Waals surface area contributed by atoms with E-state index in [1.54, 1.807) is 12.2 Å². The second-order valence-electron chi connectivity index (χ2n) is 4.31. The van der Waals surface area contributed by atoms with Crippen LogP contribution in [0.25, 0.3) is 0 Å². The summed E-state index contributed by atoms with van der Waals surface area (Å²) in [6.45, 7) is 0. The summed E-state index contributed by atoms with van der Waals surface area (Å²) in [4.78, 5) is 30.8. The maximum atomic E-state index is 12.2. The molecule has 0 saturated heterocycles. The number of aliphatic carboxylic acids is 1. The van der Waals surface area contributed by atoms with Crippen molar-refractivity contribution in [1.29, 1.82) is 0 Å². The highest BCUT2D eigenvalue weighted by Gasteiger charge is 2.34. The molecule has 0 fully saturated rings. The van der Waals surface area contributed by atoms with Gasteiger partial charge < -0.3 is 10.4 Å². The summed E-state index contributed by atoms with van der Waals surface area (Å²) in [6.07, 6.45) is 5.39. The number of allylic oxidation sites excluding steroid dienone is 2. The molecule has 2 atom stereocenters. The second-order valence-corrected chi connectivity index (χ2v) is 5.03. The van der Waals surface area contributed by atoms with Crippen molar-refractivity contribution in [2.45, 2.75) is 12.8 Å². The Morgan fingerprint density at radius 2 is 1.70 bits per heavy atom. The third-order valence-electron chi connectivity index (χ3n) is 3.09. The summed E-state index contributed by atoms with van der Waals surface area (Å²) in [5.41, 5.74) is 0.0968. The predicted molar refractivity (Wildman–Crippen MR) is 73.7 cm³/mol. The minimum Gasteiger partial charge on any atom is -0.481 e. The zero-order valence-electron chi connectivity index (χ0n) is 10.2. The molecule has 1 aromatic heterocycles. The van der Waals surface area contributed by atoms with E-state index in [2.05, 4.69) is 15.3 Å². The summed E-state index contributed by atoms with van der Waals surface area (Å²) in [5.74, 6) is -2.90. The summed E-state index contributed by atoms with van der Waals surface area (Å²) >= 11 is 11.7. The smallest absolute Gasteiger partial charge is 0.307 e. The fourth-order valence-electron chi connectivity index (χ4n) is 2.04. The quantitative estimate of drug-likeness (QED) is 0.660. The van der Waals surface area contributed by atoms with Crippen LogP contribution in [-0.4, -0.2) is 27.0 Å². The number of aromatic nitrogens is 2. The van der Waals surface area contributed by atoms with Gasteiger partial charge in [-0.15, -0.1) is 0 Å². The molecular formula is C12H11Cl2N3O3. The average molecular weight is 316 g/mol. The van der Waals surface area contributed by atoms with Gasteiger partial charge in [0, 0.05) is 0 Å². The van der Waals surface area contributed by atoms with Gasteiger partial charge in [-0.05, 0) is 12.8 Å². The Hall–Kier alpha value is -1.66. The van der Waals surface area contributed by atoms with E-state index in [0.29, 0.717) is 12.8 Å². The third-order valence-corrected chi connectivity index (χ3v) is 3.66. The molecule has 106 valence electrons. The lowest BCUT2D eigenvalue weighted by molar-refractivity contribution is -0.146. The van der Waals surface area contributed by atoms with Crippen molar-refractivity contribution in [1.82, 2.24) is 9.97 Å². The van der Waals surface area contributed by atoms with Gasteiger partial charge in [-0.3, -0.25) is 9.59 Å². The van der Waals surface area contributed by atoms with Crippen LogP contribution in [0.3, 0.4) is 0 Å². The molecule has 2 N–H and O–H groups in total. The van der Waals surface area contributed by atoms with Gasteiger partial charge in [-0.2, -0.15) is 0 Å². The van der Waals surface area contributed by atoms with E-state index in [4.69, 9.17) is 28.3 Å². The second kappa shape index (κ2) is 6.19. The van der Waals surface area contributed by atoms with Crippen molar-refractivity contribution < 1.29 is 14.7 Å². The molecule has 20 heavy (non-hydrogen) atoms. The fraction of sp³-hybridized carbons (Fsp3) is 0.333. The molecule has 8 heteroatoms. The van der Waals surface area contributed by atoms with Crippen LogP contribution in [0.2, 0.25) is 10.3 Å². The third kappa shape index (κ3) is 3.08. The van der Waals surface area contributed by atoms with Gasteiger partial charge in [0.1, 0.15) is 12.0 Å². The number of anilines is 1. The first kappa shape index (κ1) is 14.7. The van der Waals surface area contributed by atoms with Gasteiger partial charge >= 0.3 is 5.97 Å². The van der Waals surface area contributed by atoms with Crippen LogP contribution < -0.4 is 5.32 Å². The topological polar surface area (TPSA) is 92.2 Å². The molecule has 1 amide bonds. The van der Waals surface area contributed by atoms with Gasteiger partial charge in [-0.1, -0.05) is 35.4 Å². The normalized spacial score (nSPS) is 21.5. The molecule has 0 radical (unpaired) electrons. The predicted octanol–water partition coefficient (Wildman–Crippen LogP) is 2.39. The molecule has 2 rings (SSSR count). The monoisotopic (exact) mass is 315 g/mol. The van der Waals surface area contributed by atoms with Crippen LogP contribution in [0.5, 0.6) is 0 Å². The number of carbonyl (C=O) groups is 2. The van der Waals surface area contributed by atoms with Crippen LogP contribution >= 0.6 is 23.2 Å². The molecule has 1 aliphatic rings. The lowest BCUT2D eigenvalue weighted by Crippen LogP contribution is -2.34. The van der Waals surface area contributed by atoms with Gasteiger partial charge in [0.2, 0.25) is 5.91 Å². The van der Waals surface area contributed by atoms with Crippen molar-refractivity contribution in [2.24, 2.45) is 11.8 Å². The van der Waals surface area contributed by atoms with Gasteiger partial charge in [0.25, 0.3) is 0 Å². The number of amides is 1. The highest BCUT2D eigenvalue weighted by molar-refractivity contribution is 6.38. The van der Waals surface area contributed by atoms with Crippen LogP contribution in [0, 0.1) is 11.8 Å². The molecule has 2 unspecified atom stereocenters. The Morgan fingerprint density at radius 3 is 2.25 bits per heavy atom. The highest BCUT2D eigenvalue weighted by atomic mass is 35.5. The molecule has 0 saturated carbocycles. The van der Waals surface area contributed by atoms with E-state index in [-0.39, 0.29) is 16.0 Å². The lowest BCUT2D eigenvalue weighted by Gasteiger charge is -2.24. The van der Waals surface area contributed by atoms with Gasteiger partial charge in [-0.25, -0.2) is 9.97 Å². The molecule has 0 bridgehead atoms. The molecule has 1 heterocycles. The molecule has 6 nitrogen and oxygen atoms in total. The van der Waals surface area contributed by atoms with E-state index in [1.165, 1.54) is 6.33 Å². The largest absolute Gasteiger partial charge is 0.481 e. The number of carboxylic acid groups (broad SMARTS) is 1. The molecular weight excluding hydrogens is 305 g/mol. The zero-order valence-corrected chi connectivity index (χ0v) is 11.7. The maximum absolute atomic E-state index is 12.2. The molecule has 1 aliphatic carbocycles. The Balaban J connectivity index is 2.19. The summed E-state index contributed by atoms with van der Waals surface area (Å²) in [6, 6.07) is 0. The Kier molecular flexibility index (Phi) is 4.57. The SMILES string of the molecule is O=C(O)C1CC=CCC1C(=O)Nc1c(Cl)ncnc1Cl. The standard InChI is InChI=1S/C12H11Cl2N3O3/c13-9-8(10(14)16-5-15-9)17-11(18)6-3-1-2-4-7(6)12(19)20/h1-2,5-7H,3-4H2,(H,17,18)(H,19,20). The summed E-state index contributed by atoms with van der Waals surface area (Å²) < 4.78 is 0. The van der Waals surface area contributed by atoms with Crippen LogP contribution in [-0.2, 0) is 9.59 Å². The Bertz CT molecular complexity index is 557. The Morgan fingerprint density at radius 1 is 1.15 bits per heavy atom. The van der Waals surface area contributed by atoms with E-state index < -0.39 is 23.7 Å². The number of halogens is 2. The number of hydrogen-bond acceptors (Lipinski definition) is 4. The first-order chi connectivity index (χ1) is 9.50. The van der Waals surface area contributed by atoms with Crippen molar-refractivity contribution in [3.63, 3.8) is 0 Å². The van der Waals surface area contributed by atoms with E-state index >= 15 is 0 Å². The van der Waals surface area contributed by atoms with Crippen LogP contribution in [0.15, 0.2) is 18.5 Å². The fourth-order valence-corrected chi connectivity index (χ4v) is 2.45. The number of nitrogens with one attached hydrogen (secondary N) is 1. The van der Waals surface area contributed by atoms with Crippen LogP contribution in [0.1, 0.15) is 12.8 Å². The number of rotatable bonds is 3. The zero-order chi connectivity index (χ0) is 14.7. The number of hydrogen-bond donors (Lipinski definition) is 2. The Labute approximate surface area is 124 Å². The molecule has 0 spiro atoms. The van der Waals surface area contributed by atoms with Crippen LogP contribution in [0.4, 0.5) is 5.69 Å². The van der Waals surface area contributed by atoms with Crippen molar-refractivity contribution >= 4 is 40.8 Å². The molecule has 0 aromatic carbocycles. The number of carboxylic acids is 1. The first-order valence-electron chi connectivity index (χ1n) is 5.85. The number of carbonyl (C=O) groups excluding carboxylic acids is 1. The highest BCUT2D eigenvalue weighted by Crippen LogP contribution is 2.30.